The smallest absolute Gasteiger partial charge is 0.308 e. The number of carbonyl (C=O) groups excluding carboxylic acids is 3. The van der Waals surface area contributed by atoms with Crippen LogP contribution in [-0.2, 0) is 16.1 Å². The van der Waals surface area contributed by atoms with Gasteiger partial charge in [0, 0.05) is 6.54 Å². The first-order chi connectivity index (χ1) is 13.5. The molecule has 0 N–H and O–H groups in total. The highest BCUT2D eigenvalue weighted by atomic mass is 32.1. The Hall–Kier alpha value is -3.33. The average Bonchev–Trinajstić information content (AvgIpc) is 3.41. The van der Waals surface area contributed by atoms with E-state index < -0.39 is 17.8 Å². The number of imide groups is 1. The summed E-state index contributed by atoms with van der Waals surface area (Å²) in [6, 6.07) is 8.81. The Bertz CT molecular complexity index is 1060. The molecule has 1 aliphatic rings. The summed E-state index contributed by atoms with van der Waals surface area (Å²) >= 11 is 1.47. The number of aromatic nitrogens is 2. The van der Waals surface area contributed by atoms with Crippen molar-refractivity contribution in [3.05, 3.63) is 58.3 Å². The van der Waals surface area contributed by atoms with Crippen molar-refractivity contribution >= 4 is 29.1 Å². The minimum absolute atomic E-state index is 0.0471. The predicted molar refractivity (Wildman–Crippen MR) is 98.6 cm³/mol. The monoisotopic (exact) mass is 397 g/mol. The molecule has 8 nitrogen and oxygen atoms in total. The zero-order valence-corrected chi connectivity index (χ0v) is 15.7. The second kappa shape index (κ2) is 7.35. The van der Waals surface area contributed by atoms with E-state index in [1.54, 1.807) is 18.2 Å². The summed E-state index contributed by atoms with van der Waals surface area (Å²) in [4.78, 5) is 42.8. The van der Waals surface area contributed by atoms with Crippen LogP contribution in [0.4, 0.5) is 0 Å². The lowest BCUT2D eigenvalue weighted by atomic mass is 10.1. The normalized spacial score (nSPS) is 13.1. The molecule has 1 aliphatic heterocycles. The highest BCUT2D eigenvalue weighted by molar-refractivity contribution is 7.13. The van der Waals surface area contributed by atoms with Gasteiger partial charge in [-0.1, -0.05) is 22.9 Å². The van der Waals surface area contributed by atoms with E-state index in [2.05, 4.69) is 10.1 Å². The molecule has 1 aromatic carbocycles. The first kappa shape index (κ1) is 18.1. The molecule has 0 aliphatic carbocycles. The first-order valence-corrected chi connectivity index (χ1v) is 9.40. The van der Waals surface area contributed by atoms with Crippen LogP contribution in [0.15, 0.2) is 40.2 Å². The summed E-state index contributed by atoms with van der Waals surface area (Å²) in [5, 5.41) is 5.73. The summed E-state index contributed by atoms with van der Waals surface area (Å²) in [6.45, 7) is 1.63. The minimum Gasteiger partial charge on any atom is -0.456 e. The van der Waals surface area contributed by atoms with E-state index >= 15 is 0 Å². The van der Waals surface area contributed by atoms with Crippen molar-refractivity contribution in [3.8, 4) is 10.7 Å². The fraction of sp³-hybridized carbons (Fsp3) is 0.211. The largest absolute Gasteiger partial charge is 0.456 e. The Balaban J connectivity index is 1.31. The van der Waals surface area contributed by atoms with Crippen molar-refractivity contribution in [2.45, 2.75) is 20.0 Å². The molecule has 2 aromatic heterocycles. The molecule has 2 amide bonds. The van der Waals surface area contributed by atoms with Crippen LogP contribution in [0.5, 0.6) is 0 Å². The zero-order chi connectivity index (χ0) is 19.7. The van der Waals surface area contributed by atoms with Gasteiger partial charge in [0.2, 0.25) is 5.82 Å². The second-order valence-corrected chi connectivity index (χ2v) is 7.16. The van der Waals surface area contributed by atoms with Crippen molar-refractivity contribution in [3.63, 3.8) is 0 Å². The van der Waals surface area contributed by atoms with Crippen LogP contribution in [0.25, 0.3) is 10.7 Å². The van der Waals surface area contributed by atoms with E-state index in [-0.39, 0.29) is 25.5 Å². The number of amides is 2. The summed E-state index contributed by atoms with van der Waals surface area (Å²) < 4.78 is 10.2. The maximum atomic E-state index is 12.4. The Labute approximate surface area is 163 Å². The van der Waals surface area contributed by atoms with Crippen LogP contribution in [0, 0.1) is 6.92 Å². The lowest BCUT2D eigenvalue weighted by Gasteiger charge is -2.12. The Morgan fingerprint density at radius 1 is 1.21 bits per heavy atom. The Kier molecular flexibility index (Phi) is 4.74. The van der Waals surface area contributed by atoms with E-state index in [0.717, 1.165) is 15.3 Å². The number of nitrogens with zero attached hydrogens (tertiary/aromatic N) is 3. The molecular weight excluding hydrogens is 382 g/mol. The molecule has 0 unspecified atom stereocenters. The molecule has 3 aromatic rings. The molecule has 0 spiro atoms. The zero-order valence-electron chi connectivity index (χ0n) is 14.9. The van der Waals surface area contributed by atoms with Crippen LogP contribution in [0.2, 0.25) is 0 Å². The third kappa shape index (κ3) is 3.44. The maximum absolute atomic E-state index is 12.4. The number of rotatable bonds is 6. The van der Waals surface area contributed by atoms with Gasteiger partial charge in [0.25, 0.3) is 17.7 Å². The summed E-state index contributed by atoms with van der Waals surface area (Å²) in [6.07, 6.45) is -0.115. The summed E-state index contributed by atoms with van der Waals surface area (Å²) in [7, 11) is 0. The van der Waals surface area contributed by atoms with Crippen molar-refractivity contribution in [1.82, 2.24) is 15.0 Å². The van der Waals surface area contributed by atoms with Crippen LogP contribution in [-0.4, -0.2) is 39.4 Å². The molecule has 0 radical (unpaired) electrons. The van der Waals surface area contributed by atoms with E-state index in [4.69, 9.17) is 9.26 Å². The fourth-order valence-corrected chi connectivity index (χ4v) is 3.49. The molecule has 0 atom stereocenters. The van der Waals surface area contributed by atoms with Gasteiger partial charge in [-0.2, -0.15) is 4.98 Å². The first-order valence-electron chi connectivity index (χ1n) is 8.52. The van der Waals surface area contributed by atoms with Gasteiger partial charge in [-0.05, 0) is 30.5 Å². The number of benzene rings is 1. The quantitative estimate of drug-likeness (QED) is 0.465. The number of esters is 1. The van der Waals surface area contributed by atoms with Crippen molar-refractivity contribution in [2.24, 2.45) is 0 Å². The van der Waals surface area contributed by atoms with Crippen LogP contribution in [0.3, 0.4) is 0 Å². The molecule has 28 heavy (non-hydrogen) atoms. The van der Waals surface area contributed by atoms with Gasteiger partial charge in [0.15, 0.2) is 6.61 Å². The van der Waals surface area contributed by atoms with Gasteiger partial charge >= 0.3 is 5.97 Å². The maximum Gasteiger partial charge on any atom is 0.308 e. The molecule has 0 saturated heterocycles. The van der Waals surface area contributed by atoms with Gasteiger partial charge in [0.05, 0.1) is 22.4 Å². The lowest BCUT2D eigenvalue weighted by Crippen LogP contribution is -2.32. The van der Waals surface area contributed by atoms with Crippen molar-refractivity contribution < 1.29 is 23.6 Å². The molecule has 3 heterocycles. The van der Waals surface area contributed by atoms with Crippen molar-refractivity contribution in [1.29, 1.82) is 0 Å². The number of carbonyl (C=O) groups is 3. The number of aryl methyl sites for hydroxylation is 1. The molecule has 4 rings (SSSR count). The summed E-state index contributed by atoms with van der Waals surface area (Å²) in [5.74, 6) is -0.752. The van der Waals surface area contributed by atoms with Gasteiger partial charge in [-0.15, -0.1) is 11.3 Å². The highest BCUT2D eigenvalue weighted by Crippen LogP contribution is 2.24. The van der Waals surface area contributed by atoms with Crippen LogP contribution >= 0.6 is 11.3 Å². The van der Waals surface area contributed by atoms with E-state index in [9.17, 15) is 14.4 Å². The standard InChI is InChI=1S/C19H15N3O5S/c1-11-4-5-12-13(9-11)19(25)22(18(12)24)7-6-16(23)26-10-15-20-17(21-27-15)14-3-2-8-28-14/h2-5,8-9H,6-7,10H2,1H3. The van der Waals surface area contributed by atoms with Gasteiger partial charge < -0.3 is 9.26 Å². The third-order valence-electron chi connectivity index (χ3n) is 4.23. The molecule has 0 bridgehead atoms. The number of hydrogen-bond acceptors (Lipinski definition) is 8. The fourth-order valence-electron chi connectivity index (χ4n) is 2.84. The average molecular weight is 397 g/mol. The van der Waals surface area contributed by atoms with E-state index in [0.29, 0.717) is 17.0 Å². The third-order valence-corrected chi connectivity index (χ3v) is 5.10. The minimum atomic E-state index is -0.566. The molecular formula is C19H15N3O5S. The number of hydrogen-bond donors (Lipinski definition) is 0. The predicted octanol–water partition coefficient (Wildman–Crippen LogP) is 2.84. The van der Waals surface area contributed by atoms with Crippen LogP contribution < -0.4 is 0 Å². The molecule has 0 saturated carbocycles. The molecule has 9 heteroatoms. The summed E-state index contributed by atoms with van der Waals surface area (Å²) in [5.41, 5.74) is 1.61. The Morgan fingerprint density at radius 2 is 2.04 bits per heavy atom. The lowest BCUT2D eigenvalue weighted by molar-refractivity contribution is -0.145. The number of fused-ring (bicyclic) bond motifs is 1. The van der Waals surface area contributed by atoms with E-state index in [1.165, 1.54) is 11.3 Å². The van der Waals surface area contributed by atoms with E-state index in [1.807, 2.05) is 24.4 Å². The molecule has 0 fully saturated rings. The van der Waals surface area contributed by atoms with Gasteiger partial charge in [-0.25, -0.2) is 0 Å². The van der Waals surface area contributed by atoms with Gasteiger partial charge in [0.1, 0.15) is 0 Å². The topological polar surface area (TPSA) is 103 Å². The van der Waals surface area contributed by atoms with Gasteiger partial charge in [-0.3, -0.25) is 19.3 Å². The number of ether oxygens (including phenoxy) is 1. The highest BCUT2D eigenvalue weighted by Gasteiger charge is 2.35. The SMILES string of the molecule is Cc1ccc2c(c1)C(=O)N(CCC(=O)OCc1nc(-c3cccs3)no1)C2=O. The second-order valence-electron chi connectivity index (χ2n) is 6.21. The Morgan fingerprint density at radius 3 is 2.82 bits per heavy atom. The number of thiophene rings is 1. The van der Waals surface area contributed by atoms with Crippen molar-refractivity contribution in [2.75, 3.05) is 6.54 Å². The molecule has 142 valence electrons. The van der Waals surface area contributed by atoms with Crippen LogP contribution in [0.1, 0.15) is 38.6 Å².